The van der Waals surface area contributed by atoms with Crippen LogP contribution in [0.15, 0.2) is 24.3 Å². The monoisotopic (exact) mass is 299 g/mol. The molecule has 0 bridgehead atoms. The summed E-state index contributed by atoms with van der Waals surface area (Å²) in [7, 11) is -3.00. The van der Waals surface area contributed by atoms with Crippen molar-refractivity contribution in [3.05, 3.63) is 34.9 Å². The van der Waals surface area contributed by atoms with Crippen LogP contribution in [0.4, 0.5) is 0 Å². The van der Waals surface area contributed by atoms with E-state index < -0.39 is 16.6 Å². The second kappa shape index (κ2) is 5.09. The third kappa shape index (κ3) is 3.93. The van der Waals surface area contributed by atoms with Crippen molar-refractivity contribution in [2.45, 2.75) is 32.7 Å². The predicted octanol–water partition coefficient (Wildman–Crippen LogP) is 3.66. The van der Waals surface area contributed by atoms with Gasteiger partial charge in [-0.3, -0.25) is 4.90 Å². The normalized spacial score (nSPS) is 22.9. The van der Waals surface area contributed by atoms with E-state index in [0.717, 1.165) is 23.9 Å². The lowest BCUT2D eigenvalue weighted by molar-refractivity contribution is 0.291. The van der Waals surface area contributed by atoms with Crippen molar-refractivity contribution in [2.75, 3.05) is 12.3 Å². The Morgan fingerprint density at radius 3 is 2.33 bits per heavy atom. The number of benzene rings is 1. The third-order valence-corrected chi connectivity index (χ3v) is 10.1. The maximum atomic E-state index is 6.36. The maximum Gasteiger partial charge on any atom is 0.187 e. The standard InChI is InChI=1S/C13H22ClNOSi2/c1-17(2)10-15(11-18(3,4)16-17)9-12-6-5-7-13(14)8-12/h5-8H,9-11H2,1-4H3. The highest BCUT2D eigenvalue weighted by Crippen LogP contribution is 2.24. The summed E-state index contributed by atoms with van der Waals surface area (Å²) < 4.78 is 6.36. The van der Waals surface area contributed by atoms with Crippen LogP contribution in [0.3, 0.4) is 0 Å². The number of rotatable bonds is 2. The Labute approximate surface area is 117 Å². The molecule has 0 N–H and O–H groups in total. The number of nitrogens with zero attached hydrogens (tertiary/aromatic N) is 1. The third-order valence-electron chi connectivity index (χ3n) is 3.06. The van der Waals surface area contributed by atoms with Gasteiger partial charge in [-0.05, 0) is 43.9 Å². The van der Waals surface area contributed by atoms with Crippen LogP contribution in [0.5, 0.6) is 0 Å². The highest BCUT2D eigenvalue weighted by molar-refractivity contribution is 6.86. The van der Waals surface area contributed by atoms with Crippen molar-refractivity contribution in [2.24, 2.45) is 0 Å². The molecule has 1 aliphatic rings. The Kier molecular flexibility index (Phi) is 4.04. The lowest BCUT2D eigenvalue weighted by Gasteiger charge is -2.45. The molecule has 1 fully saturated rings. The van der Waals surface area contributed by atoms with Crippen LogP contribution < -0.4 is 0 Å². The number of hydrogen-bond donors (Lipinski definition) is 0. The molecule has 1 aromatic carbocycles. The minimum atomic E-state index is -1.50. The van der Waals surface area contributed by atoms with E-state index in [9.17, 15) is 0 Å². The van der Waals surface area contributed by atoms with Gasteiger partial charge in [0, 0.05) is 23.9 Å². The zero-order valence-corrected chi connectivity index (χ0v) is 14.4. The average molecular weight is 300 g/mol. The van der Waals surface area contributed by atoms with Crippen molar-refractivity contribution in [1.82, 2.24) is 4.90 Å². The molecule has 0 atom stereocenters. The van der Waals surface area contributed by atoms with Crippen LogP contribution in [-0.4, -0.2) is 33.9 Å². The summed E-state index contributed by atoms with van der Waals surface area (Å²) in [5, 5.41) is 0.828. The van der Waals surface area contributed by atoms with Gasteiger partial charge in [-0.1, -0.05) is 23.7 Å². The molecule has 1 aliphatic heterocycles. The Bertz CT molecular complexity index is 421. The number of hydrogen-bond acceptors (Lipinski definition) is 2. The van der Waals surface area contributed by atoms with Crippen LogP contribution in [0.25, 0.3) is 0 Å². The quantitative estimate of drug-likeness (QED) is 0.773. The summed E-state index contributed by atoms with van der Waals surface area (Å²) in [6, 6.07) is 8.19. The van der Waals surface area contributed by atoms with Crippen LogP contribution in [0.1, 0.15) is 5.56 Å². The fourth-order valence-corrected chi connectivity index (χ4v) is 12.5. The Balaban J connectivity index is 2.09. The molecule has 1 saturated heterocycles. The maximum absolute atomic E-state index is 6.36. The van der Waals surface area contributed by atoms with Gasteiger partial charge in [-0.15, -0.1) is 0 Å². The molecule has 0 spiro atoms. The van der Waals surface area contributed by atoms with Gasteiger partial charge in [0.1, 0.15) is 0 Å². The summed E-state index contributed by atoms with van der Waals surface area (Å²) in [6.07, 6.45) is 2.24. The van der Waals surface area contributed by atoms with E-state index >= 15 is 0 Å². The van der Waals surface area contributed by atoms with Gasteiger partial charge in [0.15, 0.2) is 16.6 Å². The molecule has 0 amide bonds. The van der Waals surface area contributed by atoms with Crippen molar-refractivity contribution >= 4 is 28.2 Å². The SMILES string of the molecule is C[Si]1(C)CN(Cc2cccc(Cl)c2)C[Si](C)(C)O1. The molecule has 0 radical (unpaired) electrons. The van der Waals surface area contributed by atoms with Gasteiger partial charge in [0.25, 0.3) is 0 Å². The van der Waals surface area contributed by atoms with Gasteiger partial charge in [-0.25, -0.2) is 0 Å². The molecule has 2 nitrogen and oxygen atoms in total. The first-order valence-electron chi connectivity index (χ1n) is 6.43. The predicted molar refractivity (Wildman–Crippen MR) is 82.8 cm³/mol. The smallest absolute Gasteiger partial charge is 0.187 e. The van der Waals surface area contributed by atoms with Crippen LogP contribution in [-0.2, 0) is 10.7 Å². The van der Waals surface area contributed by atoms with Crippen molar-refractivity contribution < 1.29 is 4.12 Å². The van der Waals surface area contributed by atoms with E-state index in [1.807, 2.05) is 12.1 Å². The lowest BCUT2D eigenvalue weighted by Crippen LogP contribution is -2.62. The molecular formula is C13H22ClNOSi2. The molecular weight excluding hydrogens is 278 g/mol. The second-order valence-electron chi connectivity index (χ2n) is 6.40. The first-order chi connectivity index (χ1) is 8.26. The average Bonchev–Trinajstić information content (AvgIpc) is 2.11. The van der Waals surface area contributed by atoms with Gasteiger partial charge in [0.05, 0.1) is 0 Å². The van der Waals surface area contributed by atoms with E-state index in [0.29, 0.717) is 0 Å². The minimum absolute atomic E-state index is 0.828. The molecule has 5 heteroatoms. The van der Waals surface area contributed by atoms with Gasteiger partial charge in [-0.2, -0.15) is 0 Å². The summed E-state index contributed by atoms with van der Waals surface area (Å²) in [5.74, 6) is 0. The van der Waals surface area contributed by atoms with Crippen molar-refractivity contribution in [3.63, 3.8) is 0 Å². The lowest BCUT2D eigenvalue weighted by atomic mass is 10.2. The molecule has 0 saturated carbocycles. The molecule has 100 valence electrons. The van der Waals surface area contributed by atoms with Crippen LogP contribution in [0.2, 0.25) is 31.2 Å². The topological polar surface area (TPSA) is 12.5 Å². The van der Waals surface area contributed by atoms with E-state index in [1.165, 1.54) is 5.56 Å². The van der Waals surface area contributed by atoms with Crippen molar-refractivity contribution in [1.29, 1.82) is 0 Å². The summed E-state index contributed by atoms with van der Waals surface area (Å²) in [6.45, 7) is 10.3. The fourth-order valence-electron chi connectivity index (χ4n) is 2.95. The van der Waals surface area contributed by atoms with Gasteiger partial charge < -0.3 is 4.12 Å². The zero-order chi connectivity index (χ0) is 13.4. The summed E-state index contributed by atoms with van der Waals surface area (Å²) in [4.78, 5) is 2.56. The molecule has 18 heavy (non-hydrogen) atoms. The fraction of sp³-hybridized carbons (Fsp3) is 0.538. The molecule has 1 aromatic rings. The summed E-state index contributed by atoms with van der Waals surface area (Å²) in [5.41, 5.74) is 1.30. The highest BCUT2D eigenvalue weighted by Gasteiger charge is 2.41. The molecule has 1 heterocycles. The zero-order valence-electron chi connectivity index (χ0n) is 11.7. The highest BCUT2D eigenvalue weighted by atomic mass is 35.5. The van der Waals surface area contributed by atoms with E-state index in [2.05, 4.69) is 43.2 Å². The Hall–Kier alpha value is -0.136. The Morgan fingerprint density at radius 1 is 1.17 bits per heavy atom. The molecule has 0 unspecified atom stereocenters. The van der Waals surface area contributed by atoms with E-state index in [1.54, 1.807) is 0 Å². The minimum Gasteiger partial charge on any atom is -0.454 e. The van der Waals surface area contributed by atoms with Gasteiger partial charge in [0.2, 0.25) is 0 Å². The van der Waals surface area contributed by atoms with Crippen molar-refractivity contribution in [3.8, 4) is 0 Å². The van der Waals surface area contributed by atoms with E-state index in [-0.39, 0.29) is 0 Å². The molecule has 0 aromatic heterocycles. The Morgan fingerprint density at radius 2 is 1.78 bits per heavy atom. The van der Waals surface area contributed by atoms with Crippen LogP contribution in [0, 0.1) is 0 Å². The largest absolute Gasteiger partial charge is 0.454 e. The van der Waals surface area contributed by atoms with Crippen LogP contribution >= 0.6 is 11.6 Å². The first kappa shape index (κ1) is 14.3. The van der Waals surface area contributed by atoms with Gasteiger partial charge >= 0.3 is 0 Å². The first-order valence-corrected chi connectivity index (χ1v) is 13.0. The molecule has 2 rings (SSSR count). The second-order valence-corrected chi connectivity index (χ2v) is 15.3. The number of halogens is 1. The van der Waals surface area contributed by atoms with E-state index in [4.69, 9.17) is 15.7 Å². The molecule has 0 aliphatic carbocycles. The summed E-state index contributed by atoms with van der Waals surface area (Å²) >= 11 is 6.05.